The Hall–Kier alpha value is -1.26. The second-order valence-electron chi connectivity index (χ2n) is 5.15. The summed E-state index contributed by atoms with van der Waals surface area (Å²) in [6.07, 6.45) is 1.26. The summed E-state index contributed by atoms with van der Waals surface area (Å²) in [7, 11) is 1.93. The van der Waals surface area contributed by atoms with Crippen molar-refractivity contribution in [2.45, 2.75) is 31.9 Å². The van der Waals surface area contributed by atoms with Crippen LogP contribution in [0.3, 0.4) is 0 Å². The summed E-state index contributed by atoms with van der Waals surface area (Å²) in [5.74, 6) is -0.275. The number of carbonyl (C=O) groups excluding carboxylic acids is 1. The average Bonchev–Trinajstić information content (AvgIpc) is 2.78. The number of halogens is 1. The van der Waals surface area contributed by atoms with Crippen LogP contribution in [-0.4, -0.2) is 43.0 Å². The molecule has 1 heterocycles. The van der Waals surface area contributed by atoms with Gasteiger partial charge in [-0.2, -0.15) is 0 Å². The fourth-order valence-corrected chi connectivity index (χ4v) is 2.60. The zero-order valence-electron chi connectivity index (χ0n) is 11.4. The first-order chi connectivity index (χ1) is 9.08. The first-order valence-corrected chi connectivity index (χ1v) is 6.65. The maximum Gasteiger partial charge on any atom is 0.151 e. The van der Waals surface area contributed by atoms with Crippen molar-refractivity contribution >= 4 is 5.78 Å². The molecule has 2 unspecified atom stereocenters. The number of Topliss-reactive ketones (excluding diaryl/α,β-unsaturated/α-hetero) is 1. The molecule has 4 heteroatoms. The highest BCUT2D eigenvalue weighted by Crippen LogP contribution is 2.18. The Bertz CT molecular complexity index is 450. The molecular formula is C15H20FNO2. The van der Waals surface area contributed by atoms with Crippen molar-refractivity contribution in [2.24, 2.45) is 0 Å². The van der Waals surface area contributed by atoms with Crippen LogP contribution < -0.4 is 0 Å². The highest BCUT2D eigenvalue weighted by molar-refractivity contribution is 5.82. The molecule has 2 atom stereocenters. The number of ketones is 1. The van der Waals surface area contributed by atoms with E-state index in [1.165, 1.54) is 6.07 Å². The van der Waals surface area contributed by atoms with Crippen molar-refractivity contribution < 1.29 is 13.9 Å². The predicted molar refractivity (Wildman–Crippen MR) is 71.6 cm³/mol. The van der Waals surface area contributed by atoms with E-state index in [4.69, 9.17) is 4.74 Å². The number of carbonyl (C=O) groups is 1. The first-order valence-electron chi connectivity index (χ1n) is 6.65. The molecule has 1 aliphatic rings. The number of hydrogen-bond donors (Lipinski definition) is 0. The molecule has 1 aromatic rings. The monoisotopic (exact) mass is 265 g/mol. The van der Waals surface area contributed by atoms with Gasteiger partial charge in [0.1, 0.15) is 5.82 Å². The summed E-state index contributed by atoms with van der Waals surface area (Å²) in [6, 6.07) is 6.72. The van der Waals surface area contributed by atoms with E-state index < -0.39 is 0 Å². The Labute approximate surface area is 113 Å². The Morgan fingerprint density at radius 2 is 2.21 bits per heavy atom. The number of hydrogen-bond acceptors (Lipinski definition) is 3. The molecule has 2 rings (SSSR count). The average molecular weight is 265 g/mol. The highest BCUT2D eigenvalue weighted by atomic mass is 19.1. The van der Waals surface area contributed by atoms with Gasteiger partial charge < -0.3 is 4.74 Å². The van der Waals surface area contributed by atoms with E-state index in [2.05, 4.69) is 0 Å². The lowest BCUT2D eigenvalue weighted by Gasteiger charge is -2.25. The van der Waals surface area contributed by atoms with Gasteiger partial charge in [0.15, 0.2) is 5.78 Å². The molecule has 1 saturated heterocycles. The zero-order chi connectivity index (χ0) is 13.8. The number of rotatable bonds is 5. The van der Waals surface area contributed by atoms with Gasteiger partial charge in [-0.25, -0.2) is 4.39 Å². The summed E-state index contributed by atoms with van der Waals surface area (Å²) >= 11 is 0. The SMILES string of the molecule is CC1OCCC1N(C)CC(=O)Cc1ccccc1F. The molecule has 3 nitrogen and oxygen atoms in total. The van der Waals surface area contributed by atoms with Crippen LogP contribution in [0.5, 0.6) is 0 Å². The molecule has 0 spiro atoms. The van der Waals surface area contributed by atoms with Gasteiger partial charge in [0.25, 0.3) is 0 Å². The maximum atomic E-state index is 13.5. The van der Waals surface area contributed by atoms with Crippen LogP contribution in [0.1, 0.15) is 18.9 Å². The molecule has 0 saturated carbocycles. The number of nitrogens with zero attached hydrogens (tertiary/aromatic N) is 1. The second kappa shape index (κ2) is 6.26. The van der Waals surface area contributed by atoms with Crippen LogP contribution >= 0.6 is 0 Å². The van der Waals surface area contributed by atoms with Gasteiger partial charge in [0.05, 0.1) is 12.6 Å². The minimum Gasteiger partial charge on any atom is -0.377 e. The Kier molecular flexibility index (Phi) is 4.66. The first kappa shape index (κ1) is 14.2. The van der Waals surface area contributed by atoms with Gasteiger partial charge in [-0.15, -0.1) is 0 Å². The van der Waals surface area contributed by atoms with Crippen LogP contribution in [0.25, 0.3) is 0 Å². The highest BCUT2D eigenvalue weighted by Gasteiger charge is 2.28. The fourth-order valence-electron chi connectivity index (χ4n) is 2.60. The van der Waals surface area contributed by atoms with Crippen LogP contribution in [-0.2, 0) is 16.0 Å². The molecular weight excluding hydrogens is 245 g/mol. The summed E-state index contributed by atoms with van der Waals surface area (Å²) in [6.45, 7) is 3.11. The molecule has 1 fully saturated rings. The second-order valence-corrected chi connectivity index (χ2v) is 5.15. The van der Waals surface area contributed by atoms with Crippen molar-refractivity contribution in [3.05, 3.63) is 35.6 Å². The molecule has 0 N–H and O–H groups in total. The molecule has 0 aromatic heterocycles. The quantitative estimate of drug-likeness (QED) is 0.816. The van der Waals surface area contributed by atoms with E-state index in [0.29, 0.717) is 12.1 Å². The molecule has 0 bridgehead atoms. The molecule has 1 aliphatic heterocycles. The van der Waals surface area contributed by atoms with E-state index in [1.807, 2.05) is 18.9 Å². The molecule has 0 aliphatic carbocycles. The summed E-state index contributed by atoms with van der Waals surface area (Å²) in [5.41, 5.74) is 0.469. The van der Waals surface area contributed by atoms with Gasteiger partial charge in [0.2, 0.25) is 0 Å². The van der Waals surface area contributed by atoms with Crippen molar-refractivity contribution in [3.63, 3.8) is 0 Å². The van der Waals surface area contributed by atoms with Crippen LogP contribution in [0, 0.1) is 5.82 Å². The van der Waals surface area contributed by atoms with Gasteiger partial charge in [-0.1, -0.05) is 18.2 Å². The van der Waals surface area contributed by atoms with E-state index in [-0.39, 0.29) is 30.2 Å². The third-order valence-corrected chi connectivity index (χ3v) is 3.67. The van der Waals surface area contributed by atoms with Crippen LogP contribution in [0.4, 0.5) is 4.39 Å². The van der Waals surface area contributed by atoms with Gasteiger partial charge in [-0.05, 0) is 32.0 Å². The largest absolute Gasteiger partial charge is 0.377 e. The maximum absolute atomic E-state index is 13.5. The van der Waals surface area contributed by atoms with E-state index in [0.717, 1.165) is 13.0 Å². The summed E-state index contributed by atoms with van der Waals surface area (Å²) in [5, 5.41) is 0. The molecule has 104 valence electrons. The normalized spacial score (nSPS) is 22.9. The third-order valence-electron chi connectivity index (χ3n) is 3.67. The zero-order valence-corrected chi connectivity index (χ0v) is 11.4. The van der Waals surface area contributed by atoms with Crippen molar-refractivity contribution in [1.29, 1.82) is 0 Å². The van der Waals surface area contributed by atoms with Gasteiger partial charge in [-0.3, -0.25) is 9.69 Å². The van der Waals surface area contributed by atoms with Crippen molar-refractivity contribution in [3.8, 4) is 0 Å². The number of ether oxygens (including phenoxy) is 1. The third kappa shape index (κ3) is 3.61. The number of likely N-dealkylation sites (N-methyl/N-ethyl adjacent to an activating group) is 1. The minimum absolute atomic E-state index is 0.0340. The minimum atomic E-state index is -0.309. The fraction of sp³-hybridized carbons (Fsp3) is 0.533. The summed E-state index contributed by atoms with van der Waals surface area (Å²) < 4.78 is 19.0. The predicted octanol–water partition coefficient (Wildman–Crippen LogP) is 2.05. The standard InChI is InChI=1S/C15H20FNO2/c1-11-15(7-8-19-11)17(2)10-13(18)9-12-5-3-4-6-14(12)16/h3-6,11,15H,7-10H2,1-2H3. The van der Waals surface area contributed by atoms with Gasteiger partial charge >= 0.3 is 0 Å². The molecule has 1 aromatic carbocycles. The molecule has 19 heavy (non-hydrogen) atoms. The Morgan fingerprint density at radius 1 is 1.47 bits per heavy atom. The number of benzene rings is 1. The summed E-state index contributed by atoms with van der Waals surface area (Å²) in [4.78, 5) is 14.0. The van der Waals surface area contributed by atoms with E-state index in [9.17, 15) is 9.18 Å². The molecule has 0 radical (unpaired) electrons. The van der Waals surface area contributed by atoms with Crippen LogP contribution in [0.15, 0.2) is 24.3 Å². The molecule has 0 amide bonds. The topological polar surface area (TPSA) is 29.5 Å². The Morgan fingerprint density at radius 3 is 2.84 bits per heavy atom. The van der Waals surface area contributed by atoms with Crippen molar-refractivity contribution in [2.75, 3.05) is 20.2 Å². The van der Waals surface area contributed by atoms with Crippen LogP contribution in [0.2, 0.25) is 0 Å². The van der Waals surface area contributed by atoms with Gasteiger partial charge in [0, 0.05) is 19.1 Å². The van der Waals surface area contributed by atoms with E-state index in [1.54, 1.807) is 18.2 Å². The lowest BCUT2D eigenvalue weighted by Crippen LogP contribution is -2.40. The smallest absolute Gasteiger partial charge is 0.151 e. The lowest BCUT2D eigenvalue weighted by molar-refractivity contribution is -0.120. The Balaban J connectivity index is 1.89. The lowest BCUT2D eigenvalue weighted by atomic mass is 10.1. The van der Waals surface area contributed by atoms with E-state index >= 15 is 0 Å². The van der Waals surface area contributed by atoms with Crippen molar-refractivity contribution in [1.82, 2.24) is 4.90 Å².